The number of aryl methyl sites for hydroxylation is 1. The maximum absolute atomic E-state index is 13.0. The number of rotatable bonds is 9. The molecular weight excluding hydrogens is 358 g/mol. The van der Waals surface area contributed by atoms with E-state index < -0.39 is 0 Å². The van der Waals surface area contributed by atoms with Gasteiger partial charge in [0, 0.05) is 31.5 Å². The fourth-order valence-electron chi connectivity index (χ4n) is 6.86. The first kappa shape index (κ1) is 20.7. The van der Waals surface area contributed by atoms with Gasteiger partial charge in [-0.3, -0.25) is 4.98 Å². The van der Waals surface area contributed by atoms with Crippen LogP contribution in [0, 0.1) is 23.2 Å². The Morgan fingerprint density at radius 3 is 2.34 bits per heavy atom. The minimum absolute atomic E-state index is 0.138. The zero-order valence-corrected chi connectivity index (χ0v) is 18.4. The standard InChI is InChI=1S/C25H39N3O/c1-3-11-28(24(29)27-19(2)4-5-20-6-9-26-10-7-20)12-8-25-16-21-13-22(17-25)15-23(14-21)18-25/h6-7,9-10,19,21-23H,3-5,8,11-18H2,1-2H3,(H,27,29). The van der Waals surface area contributed by atoms with Crippen molar-refractivity contribution in [1.29, 1.82) is 0 Å². The third-order valence-electron chi connectivity index (χ3n) is 7.84. The van der Waals surface area contributed by atoms with Gasteiger partial charge in [0.1, 0.15) is 0 Å². The minimum Gasteiger partial charge on any atom is -0.336 e. The Labute approximate surface area is 176 Å². The second kappa shape index (κ2) is 9.06. The van der Waals surface area contributed by atoms with E-state index in [0.717, 1.165) is 50.1 Å². The van der Waals surface area contributed by atoms with E-state index in [9.17, 15) is 4.79 Å². The van der Waals surface area contributed by atoms with E-state index in [4.69, 9.17) is 0 Å². The number of urea groups is 1. The maximum atomic E-state index is 13.0. The SMILES string of the molecule is CCCN(CCC12CC3CC(CC(C3)C1)C2)C(=O)NC(C)CCc1ccncc1. The molecule has 0 aliphatic heterocycles. The number of nitrogens with one attached hydrogen (secondary N) is 1. The van der Waals surface area contributed by atoms with Gasteiger partial charge in [-0.15, -0.1) is 0 Å². The largest absolute Gasteiger partial charge is 0.336 e. The molecule has 5 rings (SSSR count). The summed E-state index contributed by atoms with van der Waals surface area (Å²) in [5.41, 5.74) is 1.84. The monoisotopic (exact) mass is 397 g/mol. The molecule has 4 aliphatic rings. The topological polar surface area (TPSA) is 45.2 Å². The van der Waals surface area contributed by atoms with Gasteiger partial charge in [-0.2, -0.15) is 0 Å². The highest BCUT2D eigenvalue weighted by Crippen LogP contribution is 2.61. The van der Waals surface area contributed by atoms with Crippen LogP contribution in [-0.4, -0.2) is 35.0 Å². The molecule has 1 atom stereocenters. The molecule has 4 fully saturated rings. The van der Waals surface area contributed by atoms with Crippen LogP contribution in [0.5, 0.6) is 0 Å². The van der Waals surface area contributed by atoms with Crippen LogP contribution >= 0.6 is 0 Å². The average molecular weight is 398 g/mol. The Hall–Kier alpha value is -1.58. The van der Waals surface area contributed by atoms with Gasteiger partial charge in [-0.1, -0.05) is 6.92 Å². The van der Waals surface area contributed by atoms with Crippen molar-refractivity contribution in [2.45, 2.75) is 84.1 Å². The van der Waals surface area contributed by atoms with Crippen LogP contribution in [0.4, 0.5) is 4.79 Å². The van der Waals surface area contributed by atoms with Gasteiger partial charge in [-0.25, -0.2) is 4.79 Å². The van der Waals surface area contributed by atoms with Crippen molar-refractivity contribution in [3.8, 4) is 0 Å². The lowest BCUT2D eigenvalue weighted by Gasteiger charge is -2.57. The molecule has 4 nitrogen and oxygen atoms in total. The summed E-state index contributed by atoms with van der Waals surface area (Å²) >= 11 is 0. The summed E-state index contributed by atoms with van der Waals surface area (Å²) in [6.45, 7) is 6.11. The van der Waals surface area contributed by atoms with Crippen LogP contribution in [0.25, 0.3) is 0 Å². The number of hydrogen-bond donors (Lipinski definition) is 1. The summed E-state index contributed by atoms with van der Waals surface area (Å²) in [5.74, 6) is 2.97. The lowest BCUT2D eigenvalue weighted by atomic mass is 9.49. The quantitative estimate of drug-likeness (QED) is 0.604. The molecule has 0 radical (unpaired) electrons. The minimum atomic E-state index is 0.138. The van der Waals surface area contributed by atoms with Gasteiger partial charge in [0.2, 0.25) is 0 Å². The predicted molar refractivity (Wildman–Crippen MR) is 118 cm³/mol. The van der Waals surface area contributed by atoms with Crippen molar-refractivity contribution in [2.24, 2.45) is 23.2 Å². The van der Waals surface area contributed by atoms with Gasteiger partial charge in [0.05, 0.1) is 0 Å². The second-order valence-corrected chi connectivity index (χ2v) is 10.4. The second-order valence-electron chi connectivity index (χ2n) is 10.4. The van der Waals surface area contributed by atoms with Crippen LogP contribution in [0.2, 0.25) is 0 Å². The van der Waals surface area contributed by atoms with Crippen molar-refractivity contribution in [3.05, 3.63) is 30.1 Å². The first-order valence-corrected chi connectivity index (χ1v) is 12.0. The third kappa shape index (κ3) is 5.13. The molecule has 0 aromatic carbocycles. The van der Waals surface area contributed by atoms with E-state index in [1.54, 1.807) is 0 Å². The zero-order valence-electron chi connectivity index (χ0n) is 18.4. The molecule has 1 aromatic heterocycles. The van der Waals surface area contributed by atoms with Crippen molar-refractivity contribution in [3.63, 3.8) is 0 Å². The molecule has 1 heterocycles. The summed E-state index contributed by atoms with van der Waals surface area (Å²) in [5, 5.41) is 3.26. The number of nitrogens with zero attached hydrogens (tertiary/aromatic N) is 2. The fraction of sp³-hybridized carbons (Fsp3) is 0.760. The summed E-state index contributed by atoms with van der Waals surface area (Å²) in [6, 6.07) is 4.45. The maximum Gasteiger partial charge on any atom is 0.317 e. The van der Waals surface area contributed by atoms with Crippen LogP contribution in [-0.2, 0) is 6.42 Å². The summed E-state index contributed by atoms with van der Waals surface area (Å²) in [4.78, 5) is 19.2. The van der Waals surface area contributed by atoms with E-state index in [1.165, 1.54) is 50.5 Å². The van der Waals surface area contributed by atoms with Crippen LogP contribution in [0.15, 0.2) is 24.5 Å². The van der Waals surface area contributed by atoms with Crippen LogP contribution in [0.3, 0.4) is 0 Å². The van der Waals surface area contributed by atoms with Crippen LogP contribution < -0.4 is 5.32 Å². The lowest BCUT2D eigenvalue weighted by Crippen LogP contribution is -2.49. The van der Waals surface area contributed by atoms with Gasteiger partial charge in [0.25, 0.3) is 0 Å². The Bertz CT molecular complexity index is 639. The Morgan fingerprint density at radius 2 is 1.76 bits per heavy atom. The highest BCUT2D eigenvalue weighted by molar-refractivity contribution is 5.74. The predicted octanol–water partition coefficient (Wildman–Crippen LogP) is 5.43. The number of carbonyl (C=O) groups is 1. The van der Waals surface area contributed by atoms with Crippen LogP contribution in [0.1, 0.15) is 77.2 Å². The first-order chi connectivity index (χ1) is 14.0. The highest BCUT2D eigenvalue weighted by Gasteiger charge is 2.50. The molecule has 0 saturated heterocycles. The number of aromatic nitrogens is 1. The Balaban J connectivity index is 1.27. The molecule has 4 bridgehead atoms. The Kier molecular flexibility index (Phi) is 6.46. The molecule has 0 spiro atoms. The average Bonchev–Trinajstić information content (AvgIpc) is 2.69. The molecule has 4 saturated carbocycles. The molecule has 1 N–H and O–H groups in total. The van der Waals surface area contributed by atoms with E-state index in [1.807, 2.05) is 12.4 Å². The van der Waals surface area contributed by atoms with Gasteiger partial charge in [0.15, 0.2) is 0 Å². The molecule has 29 heavy (non-hydrogen) atoms. The molecule has 160 valence electrons. The number of carbonyl (C=O) groups excluding carboxylic acids is 1. The number of pyridine rings is 1. The fourth-order valence-corrected chi connectivity index (χ4v) is 6.86. The van der Waals surface area contributed by atoms with Crippen molar-refractivity contribution >= 4 is 6.03 Å². The Morgan fingerprint density at radius 1 is 1.14 bits per heavy atom. The van der Waals surface area contributed by atoms with Crippen molar-refractivity contribution in [2.75, 3.05) is 13.1 Å². The molecule has 4 heteroatoms. The van der Waals surface area contributed by atoms with Crippen molar-refractivity contribution < 1.29 is 4.79 Å². The summed E-state index contributed by atoms with van der Waals surface area (Å²) in [6.07, 6.45) is 16.6. The third-order valence-corrected chi connectivity index (χ3v) is 7.84. The molecule has 4 aliphatic carbocycles. The van der Waals surface area contributed by atoms with E-state index >= 15 is 0 Å². The number of amides is 2. The summed E-state index contributed by atoms with van der Waals surface area (Å²) in [7, 11) is 0. The molecular formula is C25H39N3O. The number of hydrogen-bond acceptors (Lipinski definition) is 2. The highest BCUT2D eigenvalue weighted by atomic mass is 16.2. The molecule has 2 amide bonds. The van der Waals surface area contributed by atoms with Gasteiger partial charge in [-0.05, 0) is 112 Å². The first-order valence-electron chi connectivity index (χ1n) is 12.0. The summed E-state index contributed by atoms with van der Waals surface area (Å²) < 4.78 is 0. The normalized spacial score (nSPS) is 30.9. The molecule has 1 aromatic rings. The van der Waals surface area contributed by atoms with E-state index in [-0.39, 0.29) is 12.1 Å². The smallest absolute Gasteiger partial charge is 0.317 e. The zero-order chi connectivity index (χ0) is 20.3. The van der Waals surface area contributed by atoms with Crippen molar-refractivity contribution in [1.82, 2.24) is 15.2 Å². The van der Waals surface area contributed by atoms with Gasteiger partial charge >= 0.3 is 6.03 Å². The van der Waals surface area contributed by atoms with E-state index in [2.05, 4.69) is 41.2 Å². The van der Waals surface area contributed by atoms with E-state index in [0.29, 0.717) is 5.41 Å². The lowest BCUT2D eigenvalue weighted by molar-refractivity contribution is -0.0596. The van der Waals surface area contributed by atoms with Gasteiger partial charge < -0.3 is 10.2 Å². The molecule has 1 unspecified atom stereocenters.